The largest absolute Gasteiger partial charge is 0.243 e. The lowest BCUT2D eigenvalue weighted by atomic mass is 10.0. The monoisotopic (exact) mass is 310 g/mol. The van der Waals surface area contributed by atoms with Crippen LogP contribution in [0.25, 0.3) is 0 Å². The zero-order valence-electron chi connectivity index (χ0n) is 11.6. The van der Waals surface area contributed by atoms with Crippen LogP contribution >= 0.6 is 23.5 Å². The van der Waals surface area contributed by atoms with Crippen LogP contribution in [-0.4, -0.2) is 16.0 Å². The van der Waals surface area contributed by atoms with E-state index in [2.05, 4.69) is 18.2 Å². The molecule has 3 rings (SSSR count). The normalized spacial score (nSPS) is 20.3. The van der Waals surface area contributed by atoms with Crippen molar-refractivity contribution in [2.45, 2.75) is 16.1 Å². The molecule has 2 aromatic carbocycles. The Morgan fingerprint density at radius 3 is 2.57 bits per heavy atom. The highest BCUT2D eigenvalue weighted by Gasteiger charge is 2.40. The van der Waals surface area contributed by atoms with E-state index in [4.69, 9.17) is 4.99 Å². The minimum absolute atomic E-state index is 0.630. The summed E-state index contributed by atoms with van der Waals surface area (Å²) >= 11 is 3.19. The van der Waals surface area contributed by atoms with Crippen molar-refractivity contribution in [3.05, 3.63) is 60.2 Å². The molecule has 1 aliphatic heterocycles. The van der Waals surface area contributed by atoms with Crippen LogP contribution in [0.2, 0.25) is 0 Å². The van der Waals surface area contributed by atoms with Gasteiger partial charge < -0.3 is 0 Å². The van der Waals surface area contributed by atoms with E-state index >= 15 is 0 Å². The number of benzene rings is 2. The summed E-state index contributed by atoms with van der Waals surface area (Å²) < 4.78 is -0.630. The molecular formula is C17H14N2S2. The quantitative estimate of drug-likeness (QED) is 0.807. The van der Waals surface area contributed by atoms with Gasteiger partial charge >= 0.3 is 0 Å². The third-order valence-corrected chi connectivity index (χ3v) is 5.68. The maximum atomic E-state index is 9.86. The summed E-state index contributed by atoms with van der Waals surface area (Å²) in [5.41, 5.74) is 2.12. The molecule has 1 aliphatic rings. The molecule has 0 saturated heterocycles. The van der Waals surface area contributed by atoms with Crippen LogP contribution in [0.1, 0.15) is 5.56 Å². The number of hydrogen-bond donors (Lipinski definition) is 0. The lowest BCUT2D eigenvalue weighted by Gasteiger charge is -2.30. The van der Waals surface area contributed by atoms with Crippen molar-refractivity contribution in [2.24, 2.45) is 4.99 Å². The van der Waals surface area contributed by atoms with Crippen molar-refractivity contribution in [1.29, 1.82) is 5.26 Å². The summed E-state index contributed by atoms with van der Waals surface area (Å²) in [4.78, 5) is 5.80. The molecule has 4 heteroatoms. The van der Waals surface area contributed by atoms with E-state index in [-0.39, 0.29) is 0 Å². The molecule has 0 aromatic heterocycles. The van der Waals surface area contributed by atoms with Gasteiger partial charge in [-0.15, -0.1) is 11.8 Å². The first-order valence-electron chi connectivity index (χ1n) is 6.64. The average Bonchev–Trinajstić information content (AvgIpc) is 2.55. The molecule has 21 heavy (non-hydrogen) atoms. The van der Waals surface area contributed by atoms with E-state index in [9.17, 15) is 5.26 Å². The van der Waals surface area contributed by atoms with Crippen LogP contribution in [0, 0.1) is 11.3 Å². The van der Waals surface area contributed by atoms with E-state index in [1.165, 1.54) is 0 Å². The molecule has 0 radical (unpaired) electrons. The molecule has 1 atom stereocenters. The standard InChI is InChI=1S/C17H14N2S2/c1-20-16-17(12-18,11-13-7-3-2-4-8-13)21-15-10-6-5-9-14(15)19-16/h2-10H,11H2,1H3. The molecule has 0 aliphatic carbocycles. The summed E-state index contributed by atoms with van der Waals surface area (Å²) in [5.74, 6) is 0. The molecule has 1 heterocycles. The van der Waals surface area contributed by atoms with Crippen molar-refractivity contribution in [3.63, 3.8) is 0 Å². The number of aliphatic imine (C=N–C) groups is 1. The number of rotatable bonds is 2. The van der Waals surface area contributed by atoms with Gasteiger partial charge in [0, 0.05) is 11.3 Å². The van der Waals surface area contributed by atoms with E-state index in [1.54, 1.807) is 23.5 Å². The van der Waals surface area contributed by atoms with Gasteiger partial charge in [-0.05, 0) is 24.0 Å². The molecule has 1 unspecified atom stereocenters. The molecule has 0 spiro atoms. The molecule has 2 aromatic rings. The smallest absolute Gasteiger partial charge is 0.159 e. The topological polar surface area (TPSA) is 36.1 Å². The van der Waals surface area contributed by atoms with Crippen molar-refractivity contribution < 1.29 is 0 Å². The van der Waals surface area contributed by atoms with Crippen LogP contribution in [0.4, 0.5) is 5.69 Å². The Kier molecular flexibility index (Phi) is 4.05. The molecular weight excluding hydrogens is 296 g/mol. The third-order valence-electron chi connectivity index (χ3n) is 3.39. The van der Waals surface area contributed by atoms with Gasteiger partial charge in [-0.1, -0.05) is 54.2 Å². The fraction of sp³-hybridized carbons (Fsp3) is 0.176. The Hall–Kier alpha value is -1.70. The minimum atomic E-state index is -0.630. The van der Waals surface area contributed by atoms with E-state index in [0.717, 1.165) is 21.2 Å². The van der Waals surface area contributed by atoms with E-state index in [1.807, 2.05) is 48.7 Å². The van der Waals surface area contributed by atoms with Crippen molar-refractivity contribution in [2.75, 3.05) is 6.26 Å². The molecule has 2 nitrogen and oxygen atoms in total. The van der Waals surface area contributed by atoms with Gasteiger partial charge in [0.05, 0.1) is 11.8 Å². The molecule has 0 saturated carbocycles. The summed E-state index contributed by atoms with van der Waals surface area (Å²) in [6.07, 6.45) is 2.66. The molecule has 0 fully saturated rings. The second-order valence-electron chi connectivity index (χ2n) is 4.79. The highest BCUT2D eigenvalue weighted by Crippen LogP contribution is 2.47. The molecule has 104 valence electrons. The highest BCUT2D eigenvalue weighted by atomic mass is 32.2. The fourth-order valence-electron chi connectivity index (χ4n) is 2.38. The zero-order valence-corrected chi connectivity index (χ0v) is 13.2. The van der Waals surface area contributed by atoms with Crippen LogP contribution in [0.3, 0.4) is 0 Å². The lowest BCUT2D eigenvalue weighted by molar-refractivity contribution is 0.918. The zero-order chi connectivity index (χ0) is 14.7. The summed E-state index contributed by atoms with van der Waals surface area (Å²) in [6, 6.07) is 20.7. The maximum absolute atomic E-state index is 9.86. The second-order valence-corrected chi connectivity index (χ2v) is 6.93. The van der Waals surface area contributed by atoms with Crippen LogP contribution < -0.4 is 0 Å². The van der Waals surface area contributed by atoms with Crippen LogP contribution in [-0.2, 0) is 6.42 Å². The minimum Gasteiger partial charge on any atom is -0.243 e. The predicted molar refractivity (Wildman–Crippen MR) is 91.4 cm³/mol. The number of fused-ring (bicyclic) bond motifs is 1. The SMILES string of the molecule is CSC1=Nc2ccccc2SC1(C#N)Cc1ccccc1. The van der Waals surface area contributed by atoms with Gasteiger partial charge in [-0.25, -0.2) is 4.99 Å². The number of nitrogens with zero attached hydrogens (tertiary/aromatic N) is 2. The van der Waals surface area contributed by atoms with Crippen molar-refractivity contribution in [3.8, 4) is 6.07 Å². The number of hydrogen-bond acceptors (Lipinski definition) is 4. The van der Waals surface area contributed by atoms with Gasteiger partial charge in [0.25, 0.3) is 0 Å². The maximum Gasteiger partial charge on any atom is 0.159 e. The van der Waals surface area contributed by atoms with E-state index in [0.29, 0.717) is 6.42 Å². The first-order chi connectivity index (χ1) is 10.3. The van der Waals surface area contributed by atoms with Crippen LogP contribution in [0.15, 0.2) is 64.5 Å². The van der Waals surface area contributed by atoms with Gasteiger partial charge in [-0.2, -0.15) is 5.26 Å². The Bertz CT molecular complexity index is 719. The van der Waals surface area contributed by atoms with Crippen molar-refractivity contribution >= 4 is 34.3 Å². The second kappa shape index (κ2) is 5.97. The first-order valence-corrected chi connectivity index (χ1v) is 8.68. The Labute approximate surface area is 133 Å². The highest BCUT2D eigenvalue weighted by molar-refractivity contribution is 8.16. The number of thioether (sulfide) groups is 2. The fourth-order valence-corrected chi connectivity index (χ4v) is 4.55. The molecule has 0 amide bonds. The van der Waals surface area contributed by atoms with Gasteiger partial charge in [-0.3, -0.25) is 0 Å². The molecule has 0 N–H and O–H groups in total. The van der Waals surface area contributed by atoms with Gasteiger partial charge in [0.15, 0.2) is 4.75 Å². The van der Waals surface area contributed by atoms with E-state index < -0.39 is 4.75 Å². The summed E-state index contributed by atoms with van der Waals surface area (Å²) in [6.45, 7) is 0. The predicted octanol–water partition coefficient (Wildman–Crippen LogP) is 4.69. The summed E-state index contributed by atoms with van der Waals surface area (Å²) in [5, 5.41) is 10.8. The lowest BCUT2D eigenvalue weighted by Crippen LogP contribution is -2.35. The Morgan fingerprint density at radius 2 is 1.86 bits per heavy atom. The van der Waals surface area contributed by atoms with Crippen molar-refractivity contribution in [1.82, 2.24) is 0 Å². The average molecular weight is 310 g/mol. The Balaban J connectivity index is 2.04. The summed E-state index contributed by atoms with van der Waals surface area (Å²) in [7, 11) is 0. The first kappa shape index (κ1) is 14.2. The number of nitriles is 1. The van der Waals surface area contributed by atoms with Gasteiger partial charge in [0.2, 0.25) is 0 Å². The Morgan fingerprint density at radius 1 is 1.14 bits per heavy atom. The van der Waals surface area contributed by atoms with Gasteiger partial charge in [0.1, 0.15) is 5.04 Å². The third kappa shape index (κ3) is 2.72. The van der Waals surface area contributed by atoms with Crippen LogP contribution in [0.5, 0.6) is 0 Å². The molecule has 0 bridgehead atoms. The number of para-hydroxylation sites is 1.